The summed E-state index contributed by atoms with van der Waals surface area (Å²) in [6.45, 7) is 2.25. The van der Waals surface area contributed by atoms with Crippen molar-refractivity contribution in [3.8, 4) is 23.0 Å². The Hall–Kier alpha value is -3.35. The minimum Gasteiger partial charge on any atom is -0.493 e. The number of hydrogen-bond donors (Lipinski definition) is 1. The number of methoxy groups -OCH3 is 2. The van der Waals surface area contributed by atoms with Crippen LogP contribution in [-0.2, 0) is 17.6 Å². The Morgan fingerprint density at radius 2 is 1.83 bits per heavy atom. The van der Waals surface area contributed by atoms with Crippen LogP contribution in [0, 0.1) is 12.7 Å². The number of nitrogens with zero attached hydrogens (tertiary/aromatic N) is 1. The molecule has 0 atom stereocenters. The number of carbonyl (C=O) groups excluding carboxylic acids is 1. The molecule has 152 valence electrons. The molecule has 0 saturated carbocycles. The van der Waals surface area contributed by atoms with E-state index in [1.807, 2.05) is 13.0 Å². The Labute approximate surface area is 168 Å². The summed E-state index contributed by atoms with van der Waals surface area (Å²) in [6, 6.07) is 11.4. The normalized spacial score (nSPS) is 10.6. The van der Waals surface area contributed by atoms with E-state index >= 15 is 0 Å². The SMILES string of the molecule is COc1ccc(CC(=O)NCCc2nc(-c3ccc(F)cc3)oc2C)cc1OC. The zero-order valence-electron chi connectivity index (χ0n) is 16.6. The van der Waals surface area contributed by atoms with Gasteiger partial charge in [-0.2, -0.15) is 0 Å². The summed E-state index contributed by atoms with van der Waals surface area (Å²) in [7, 11) is 3.12. The smallest absolute Gasteiger partial charge is 0.226 e. The summed E-state index contributed by atoms with van der Waals surface area (Å²) in [5.74, 6) is 1.92. The molecule has 0 radical (unpaired) electrons. The summed E-state index contributed by atoms with van der Waals surface area (Å²) >= 11 is 0. The Morgan fingerprint density at radius 3 is 2.52 bits per heavy atom. The molecule has 0 unspecified atom stereocenters. The average Bonchev–Trinajstić information content (AvgIpc) is 3.09. The average molecular weight is 398 g/mol. The molecule has 1 aromatic heterocycles. The van der Waals surface area contributed by atoms with Gasteiger partial charge in [-0.05, 0) is 48.9 Å². The van der Waals surface area contributed by atoms with Crippen molar-refractivity contribution in [1.82, 2.24) is 10.3 Å². The highest BCUT2D eigenvalue weighted by Crippen LogP contribution is 2.27. The molecule has 2 aromatic carbocycles. The number of aromatic nitrogens is 1. The summed E-state index contributed by atoms with van der Waals surface area (Å²) in [4.78, 5) is 16.7. The molecule has 3 aromatic rings. The molecule has 7 heteroatoms. The Balaban J connectivity index is 1.55. The van der Waals surface area contributed by atoms with E-state index in [-0.39, 0.29) is 18.1 Å². The van der Waals surface area contributed by atoms with Gasteiger partial charge in [0.1, 0.15) is 11.6 Å². The van der Waals surface area contributed by atoms with Crippen molar-refractivity contribution >= 4 is 5.91 Å². The molecule has 3 rings (SSSR count). The first-order valence-corrected chi connectivity index (χ1v) is 9.20. The van der Waals surface area contributed by atoms with Crippen LogP contribution < -0.4 is 14.8 Å². The Bertz CT molecular complexity index is 983. The minimum atomic E-state index is -0.311. The number of carbonyl (C=O) groups is 1. The van der Waals surface area contributed by atoms with Gasteiger partial charge in [-0.25, -0.2) is 9.37 Å². The summed E-state index contributed by atoms with van der Waals surface area (Å²) in [5, 5.41) is 2.89. The van der Waals surface area contributed by atoms with E-state index in [9.17, 15) is 9.18 Å². The molecule has 0 spiro atoms. The fourth-order valence-corrected chi connectivity index (χ4v) is 2.93. The maximum atomic E-state index is 13.1. The van der Waals surface area contributed by atoms with E-state index in [0.717, 1.165) is 11.3 Å². The van der Waals surface area contributed by atoms with Crippen molar-refractivity contribution in [2.45, 2.75) is 19.8 Å². The topological polar surface area (TPSA) is 73.6 Å². The molecule has 6 nitrogen and oxygen atoms in total. The van der Waals surface area contributed by atoms with Gasteiger partial charge in [0.2, 0.25) is 11.8 Å². The molecule has 1 N–H and O–H groups in total. The van der Waals surface area contributed by atoms with Crippen LogP contribution in [0.3, 0.4) is 0 Å². The van der Waals surface area contributed by atoms with E-state index < -0.39 is 0 Å². The summed E-state index contributed by atoms with van der Waals surface area (Å²) < 4.78 is 29.2. The van der Waals surface area contributed by atoms with Gasteiger partial charge in [0, 0.05) is 18.5 Å². The second-order valence-corrected chi connectivity index (χ2v) is 6.49. The number of rotatable bonds is 8. The highest BCUT2D eigenvalue weighted by Gasteiger charge is 2.13. The standard InChI is InChI=1S/C22H23FN2O4/c1-14-18(25-22(29-14)16-5-7-17(23)8-6-16)10-11-24-21(26)13-15-4-9-19(27-2)20(12-15)28-3/h4-9,12H,10-11,13H2,1-3H3,(H,24,26). The highest BCUT2D eigenvalue weighted by atomic mass is 19.1. The van der Waals surface area contributed by atoms with Gasteiger partial charge >= 0.3 is 0 Å². The Kier molecular flexibility index (Phi) is 6.49. The largest absolute Gasteiger partial charge is 0.493 e. The first-order valence-electron chi connectivity index (χ1n) is 9.20. The van der Waals surface area contributed by atoms with Crippen LogP contribution >= 0.6 is 0 Å². The first kappa shape index (κ1) is 20.4. The number of amides is 1. The quantitative estimate of drug-likeness (QED) is 0.626. The number of aryl methyl sites for hydroxylation is 1. The van der Waals surface area contributed by atoms with Crippen LogP contribution in [0.15, 0.2) is 46.9 Å². The molecule has 0 aliphatic carbocycles. The first-order chi connectivity index (χ1) is 14.0. The number of halogens is 1. The fourth-order valence-electron chi connectivity index (χ4n) is 2.93. The molecule has 0 fully saturated rings. The van der Waals surface area contributed by atoms with E-state index in [0.29, 0.717) is 41.7 Å². The van der Waals surface area contributed by atoms with E-state index in [1.54, 1.807) is 38.5 Å². The second kappa shape index (κ2) is 9.23. The van der Waals surface area contributed by atoms with Gasteiger partial charge < -0.3 is 19.2 Å². The number of hydrogen-bond acceptors (Lipinski definition) is 5. The lowest BCUT2D eigenvalue weighted by Crippen LogP contribution is -2.27. The van der Waals surface area contributed by atoms with Crippen molar-refractivity contribution < 1.29 is 23.1 Å². The van der Waals surface area contributed by atoms with Crippen LogP contribution in [0.25, 0.3) is 11.5 Å². The maximum absolute atomic E-state index is 13.1. The van der Waals surface area contributed by atoms with Crippen LogP contribution in [0.4, 0.5) is 4.39 Å². The van der Waals surface area contributed by atoms with Crippen molar-refractivity contribution in [2.24, 2.45) is 0 Å². The molecule has 0 aliphatic heterocycles. The highest BCUT2D eigenvalue weighted by molar-refractivity contribution is 5.78. The van der Waals surface area contributed by atoms with Gasteiger partial charge in [0.05, 0.1) is 26.3 Å². The molecular formula is C22H23FN2O4. The Morgan fingerprint density at radius 1 is 1.10 bits per heavy atom. The zero-order chi connectivity index (χ0) is 20.8. The number of oxazole rings is 1. The van der Waals surface area contributed by atoms with E-state index in [2.05, 4.69) is 10.3 Å². The van der Waals surface area contributed by atoms with Crippen LogP contribution in [0.1, 0.15) is 17.0 Å². The fraction of sp³-hybridized carbons (Fsp3) is 0.273. The lowest BCUT2D eigenvalue weighted by atomic mass is 10.1. The summed E-state index contributed by atoms with van der Waals surface area (Å²) in [5.41, 5.74) is 2.30. The third-order valence-electron chi connectivity index (χ3n) is 4.48. The molecule has 0 saturated heterocycles. The summed E-state index contributed by atoms with van der Waals surface area (Å²) in [6.07, 6.45) is 0.771. The van der Waals surface area contributed by atoms with E-state index in [1.165, 1.54) is 12.1 Å². The lowest BCUT2D eigenvalue weighted by molar-refractivity contribution is -0.120. The van der Waals surface area contributed by atoms with Gasteiger partial charge in [0.15, 0.2) is 11.5 Å². The third-order valence-corrected chi connectivity index (χ3v) is 4.48. The number of benzene rings is 2. The monoisotopic (exact) mass is 398 g/mol. The predicted octanol–water partition coefficient (Wildman–Crippen LogP) is 3.71. The van der Waals surface area contributed by atoms with Crippen LogP contribution in [0.5, 0.6) is 11.5 Å². The molecule has 0 aliphatic rings. The minimum absolute atomic E-state index is 0.0999. The van der Waals surface area contributed by atoms with Crippen molar-refractivity contribution in [1.29, 1.82) is 0 Å². The van der Waals surface area contributed by atoms with Crippen LogP contribution in [-0.4, -0.2) is 31.7 Å². The predicted molar refractivity (Wildman–Crippen MR) is 107 cm³/mol. The number of ether oxygens (including phenoxy) is 2. The molecule has 1 heterocycles. The van der Waals surface area contributed by atoms with Gasteiger partial charge in [-0.1, -0.05) is 6.07 Å². The van der Waals surface area contributed by atoms with Crippen LogP contribution in [0.2, 0.25) is 0 Å². The number of nitrogens with one attached hydrogen (secondary N) is 1. The maximum Gasteiger partial charge on any atom is 0.226 e. The second-order valence-electron chi connectivity index (χ2n) is 6.49. The lowest BCUT2D eigenvalue weighted by Gasteiger charge is -2.09. The van der Waals surface area contributed by atoms with Crippen molar-refractivity contribution in [3.05, 3.63) is 65.3 Å². The zero-order valence-corrected chi connectivity index (χ0v) is 16.6. The molecule has 0 bridgehead atoms. The molecular weight excluding hydrogens is 375 g/mol. The molecule has 29 heavy (non-hydrogen) atoms. The molecule has 1 amide bonds. The van der Waals surface area contributed by atoms with Gasteiger partial charge in [-0.15, -0.1) is 0 Å². The van der Waals surface area contributed by atoms with Crippen molar-refractivity contribution in [2.75, 3.05) is 20.8 Å². The van der Waals surface area contributed by atoms with E-state index in [4.69, 9.17) is 13.9 Å². The van der Waals surface area contributed by atoms with Crippen molar-refractivity contribution in [3.63, 3.8) is 0 Å². The third kappa shape index (κ3) is 5.13. The van der Waals surface area contributed by atoms with Gasteiger partial charge in [-0.3, -0.25) is 4.79 Å². The van der Waals surface area contributed by atoms with Gasteiger partial charge in [0.25, 0.3) is 0 Å².